The molecule has 0 atom stereocenters. The lowest BCUT2D eigenvalue weighted by atomic mass is 9.91. The van der Waals surface area contributed by atoms with E-state index in [-0.39, 0.29) is 0 Å². The summed E-state index contributed by atoms with van der Waals surface area (Å²) in [5.74, 6) is 0.925. The number of hydrogen-bond acceptors (Lipinski definition) is 3. The topological polar surface area (TPSA) is 42.2 Å². The van der Waals surface area contributed by atoms with Crippen LogP contribution in [0.25, 0.3) is 0 Å². The fourth-order valence-corrected chi connectivity index (χ4v) is 2.10. The van der Waals surface area contributed by atoms with Crippen molar-refractivity contribution in [3.05, 3.63) is 24.2 Å². The van der Waals surface area contributed by atoms with Gasteiger partial charge in [0, 0.05) is 12.8 Å². The lowest BCUT2D eigenvalue weighted by molar-refractivity contribution is -0.119. The molecular formula is C12H17NO2. The molecular weight excluding hydrogens is 190 g/mol. The fourth-order valence-electron chi connectivity index (χ4n) is 2.10. The number of carbonyl (C=O) groups excluding carboxylic acids is 1. The molecule has 1 aliphatic heterocycles. The third-order valence-corrected chi connectivity index (χ3v) is 2.96. The van der Waals surface area contributed by atoms with E-state index in [9.17, 15) is 4.79 Å². The summed E-state index contributed by atoms with van der Waals surface area (Å²) in [5, 5.41) is 3.31. The largest absolute Gasteiger partial charge is 0.472 e. The molecule has 0 spiro atoms. The Morgan fingerprint density at radius 1 is 1.47 bits per heavy atom. The number of nitrogens with one attached hydrogen (secondary N) is 1. The lowest BCUT2D eigenvalue weighted by Gasteiger charge is -2.21. The molecule has 1 fully saturated rings. The van der Waals surface area contributed by atoms with Crippen LogP contribution in [-0.4, -0.2) is 18.9 Å². The van der Waals surface area contributed by atoms with Crippen LogP contribution in [0.3, 0.4) is 0 Å². The van der Waals surface area contributed by atoms with Gasteiger partial charge < -0.3 is 9.73 Å². The summed E-state index contributed by atoms with van der Waals surface area (Å²) in [4.78, 5) is 11.7. The van der Waals surface area contributed by atoms with E-state index in [1.165, 1.54) is 0 Å². The van der Waals surface area contributed by atoms with E-state index in [1.54, 1.807) is 12.5 Å². The zero-order valence-electron chi connectivity index (χ0n) is 8.87. The van der Waals surface area contributed by atoms with Gasteiger partial charge in [-0.15, -0.1) is 0 Å². The zero-order chi connectivity index (χ0) is 10.5. The number of ketones is 1. The molecule has 3 heteroatoms. The van der Waals surface area contributed by atoms with E-state index in [4.69, 9.17) is 4.42 Å². The van der Waals surface area contributed by atoms with Crippen LogP contribution in [0.4, 0.5) is 0 Å². The smallest absolute Gasteiger partial charge is 0.137 e. The number of carbonyl (C=O) groups is 1. The summed E-state index contributed by atoms with van der Waals surface area (Å²) in [6.07, 6.45) is 6.80. The number of rotatable bonds is 4. The van der Waals surface area contributed by atoms with Gasteiger partial charge in [0.1, 0.15) is 5.78 Å². The van der Waals surface area contributed by atoms with Gasteiger partial charge in [-0.2, -0.15) is 0 Å². The minimum absolute atomic E-state index is 0.336. The van der Waals surface area contributed by atoms with Gasteiger partial charge in [-0.05, 0) is 43.5 Å². The normalized spacial score (nSPS) is 17.9. The molecule has 2 heterocycles. The Kier molecular flexibility index (Phi) is 3.56. The quantitative estimate of drug-likeness (QED) is 0.818. The van der Waals surface area contributed by atoms with Crippen molar-refractivity contribution in [1.82, 2.24) is 5.32 Å². The highest BCUT2D eigenvalue weighted by atomic mass is 16.3. The molecule has 0 radical (unpaired) electrons. The Hall–Kier alpha value is -1.09. The van der Waals surface area contributed by atoms with Gasteiger partial charge in [0.25, 0.3) is 0 Å². The van der Waals surface area contributed by atoms with Crippen LogP contribution < -0.4 is 5.32 Å². The summed E-state index contributed by atoms with van der Waals surface area (Å²) >= 11 is 0. The van der Waals surface area contributed by atoms with Crippen LogP contribution in [0.1, 0.15) is 24.8 Å². The number of furan rings is 1. The second-order valence-corrected chi connectivity index (χ2v) is 4.24. The molecule has 1 aliphatic rings. The van der Waals surface area contributed by atoms with Gasteiger partial charge in [-0.25, -0.2) is 0 Å². The van der Waals surface area contributed by atoms with E-state index in [0.29, 0.717) is 18.1 Å². The minimum atomic E-state index is 0.336. The Morgan fingerprint density at radius 2 is 2.27 bits per heavy atom. The lowest BCUT2D eigenvalue weighted by Crippen LogP contribution is -2.29. The highest BCUT2D eigenvalue weighted by molar-refractivity contribution is 5.80. The van der Waals surface area contributed by atoms with E-state index >= 15 is 0 Å². The van der Waals surface area contributed by atoms with Crippen LogP contribution in [0.5, 0.6) is 0 Å². The molecule has 0 bridgehead atoms. The molecule has 82 valence electrons. The Bertz CT molecular complexity index is 299. The minimum Gasteiger partial charge on any atom is -0.472 e. The van der Waals surface area contributed by atoms with Gasteiger partial charge in [-0.3, -0.25) is 4.79 Å². The first kappa shape index (κ1) is 10.4. The molecule has 0 aromatic carbocycles. The third kappa shape index (κ3) is 3.20. The summed E-state index contributed by atoms with van der Waals surface area (Å²) in [6.45, 7) is 2.12. The number of piperidine rings is 1. The molecule has 1 N–H and O–H groups in total. The first-order valence-corrected chi connectivity index (χ1v) is 5.58. The summed E-state index contributed by atoms with van der Waals surface area (Å²) in [5.41, 5.74) is 0.994. The predicted molar refractivity (Wildman–Crippen MR) is 57.6 cm³/mol. The molecule has 1 aromatic rings. The van der Waals surface area contributed by atoms with E-state index in [0.717, 1.165) is 37.9 Å². The average molecular weight is 207 g/mol. The van der Waals surface area contributed by atoms with Crippen molar-refractivity contribution in [2.24, 2.45) is 5.92 Å². The van der Waals surface area contributed by atoms with Crippen LogP contribution in [0, 0.1) is 5.92 Å². The molecule has 0 unspecified atom stereocenters. The predicted octanol–water partition coefficient (Wildman–Crippen LogP) is 1.78. The Labute approximate surface area is 89.9 Å². The highest BCUT2D eigenvalue weighted by Gasteiger charge is 2.16. The van der Waals surface area contributed by atoms with Crippen LogP contribution in [0.15, 0.2) is 23.0 Å². The first-order chi connectivity index (χ1) is 7.34. The molecule has 2 rings (SSSR count). The van der Waals surface area contributed by atoms with Gasteiger partial charge in [0.05, 0.1) is 12.5 Å². The maximum Gasteiger partial charge on any atom is 0.137 e. The summed E-state index contributed by atoms with van der Waals surface area (Å²) in [6, 6.07) is 1.86. The van der Waals surface area contributed by atoms with Crippen molar-refractivity contribution in [3.8, 4) is 0 Å². The summed E-state index contributed by atoms with van der Waals surface area (Å²) in [7, 11) is 0. The standard InChI is InChI=1S/C12H17NO2/c14-12(8-11-3-6-15-9-11)7-10-1-4-13-5-2-10/h3,6,9-10,13H,1-2,4-5,7-8H2. The second-order valence-electron chi connectivity index (χ2n) is 4.24. The molecule has 3 nitrogen and oxygen atoms in total. The van der Waals surface area contributed by atoms with Crippen molar-refractivity contribution in [2.75, 3.05) is 13.1 Å². The van der Waals surface area contributed by atoms with Crippen LogP contribution >= 0.6 is 0 Å². The monoisotopic (exact) mass is 207 g/mol. The van der Waals surface area contributed by atoms with Crippen molar-refractivity contribution in [2.45, 2.75) is 25.7 Å². The zero-order valence-corrected chi connectivity index (χ0v) is 8.87. The van der Waals surface area contributed by atoms with Crippen LogP contribution in [-0.2, 0) is 11.2 Å². The summed E-state index contributed by atoms with van der Waals surface area (Å²) < 4.78 is 4.94. The van der Waals surface area contributed by atoms with Gasteiger partial charge in [-0.1, -0.05) is 0 Å². The Balaban J connectivity index is 1.76. The van der Waals surface area contributed by atoms with Gasteiger partial charge in [0.15, 0.2) is 0 Å². The maximum atomic E-state index is 11.7. The maximum absolute atomic E-state index is 11.7. The van der Waals surface area contributed by atoms with Gasteiger partial charge in [0.2, 0.25) is 0 Å². The molecule has 0 aliphatic carbocycles. The molecule has 15 heavy (non-hydrogen) atoms. The SMILES string of the molecule is O=C(Cc1ccoc1)CC1CCNCC1. The molecule has 0 amide bonds. The van der Waals surface area contributed by atoms with Gasteiger partial charge >= 0.3 is 0 Å². The molecule has 0 saturated carbocycles. The fraction of sp³-hybridized carbons (Fsp3) is 0.583. The van der Waals surface area contributed by atoms with Crippen LogP contribution in [0.2, 0.25) is 0 Å². The molecule has 1 saturated heterocycles. The van der Waals surface area contributed by atoms with Crippen molar-refractivity contribution < 1.29 is 9.21 Å². The highest BCUT2D eigenvalue weighted by Crippen LogP contribution is 2.17. The number of hydrogen-bond donors (Lipinski definition) is 1. The van der Waals surface area contributed by atoms with E-state index in [2.05, 4.69) is 5.32 Å². The second kappa shape index (κ2) is 5.12. The Morgan fingerprint density at radius 3 is 2.93 bits per heavy atom. The average Bonchev–Trinajstić information content (AvgIpc) is 2.71. The third-order valence-electron chi connectivity index (χ3n) is 2.96. The van der Waals surface area contributed by atoms with E-state index < -0.39 is 0 Å². The van der Waals surface area contributed by atoms with Crippen molar-refractivity contribution >= 4 is 5.78 Å². The van der Waals surface area contributed by atoms with Crippen molar-refractivity contribution in [1.29, 1.82) is 0 Å². The first-order valence-electron chi connectivity index (χ1n) is 5.58. The van der Waals surface area contributed by atoms with Crippen molar-refractivity contribution in [3.63, 3.8) is 0 Å². The van der Waals surface area contributed by atoms with E-state index in [1.807, 2.05) is 6.07 Å². The molecule has 1 aromatic heterocycles. The number of Topliss-reactive ketones (excluding diaryl/α,β-unsaturated/α-hetero) is 1.